The molecule has 6 heteroatoms. The lowest BCUT2D eigenvalue weighted by molar-refractivity contribution is 0.0299. The minimum atomic E-state index is -0.0823. The van der Waals surface area contributed by atoms with E-state index in [0.29, 0.717) is 37.8 Å². The number of amides is 1. The highest BCUT2D eigenvalue weighted by atomic mass is 16.5. The van der Waals surface area contributed by atoms with E-state index in [0.717, 1.165) is 16.8 Å². The Balaban J connectivity index is 1.82. The molecule has 1 aromatic carbocycles. The molecule has 1 aliphatic heterocycles. The van der Waals surface area contributed by atoms with Gasteiger partial charge in [0, 0.05) is 24.8 Å². The molecule has 3 rings (SSSR count). The van der Waals surface area contributed by atoms with Gasteiger partial charge in [-0.3, -0.25) is 4.79 Å². The van der Waals surface area contributed by atoms with Crippen molar-refractivity contribution in [2.75, 3.05) is 31.6 Å². The number of anilines is 2. The standard InChI is InChI=1S/C18H22N4O2/c1-12-8-13(2)17(14(3)9-12)21-16-10-15(19-11-20-16)18(23)22-4-6-24-7-5-22/h8-11H,4-7H2,1-3H3,(H,19,20,21). The van der Waals surface area contributed by atoms with E-state index in [-0.39, 0.29) is 5.91 Å². The number of hydrogen-bond acceptors (Lipinski definition) is 5. The van der Waals surface area contributed by atoms with E-state index in [9.17, 15) is 4.79 Å². The first-order valence-electron chi connectivity index (χ1n) is 8.08. The number of morpholine rings is 1. The van der Waals surface area contributed by atoms with Crippen LogP contribution in [0.1, 0.15) is 27.2 Å². The zero-order chi connectivity index (χ0) is 17.1. The van der Waals surface area contributed by atoms with Gasteiger partial charge < -0.3 is 15.0 Å². The summed E-state index contributed by atoms with van der Waals surface area (Å²) in [7, 11) is 0. The van der Waals surface area contributed by atoms with E-state index in [1.165, 1.54) is 11.9 Å². The molecule has 2 aromatic rings. The van der Waals surface area contributed by atoms with Crippen molar-refractivity contribution in [2.24, 2.45) is 0 Å². The molecular formula is C18H22N4O2. The normalized spacial score (nSPS) is 14.5. The Kier molecular flexibility index (Phi) is 4.76. The molecule has 1 fully saturated rings. The third-order valence-electron chi connectivity index (χ3n) is 4.11. The van der Waals surface area contributed by atoms with Gasteiger partial charge in [0.15, 0.2) is 0 Å². The lowest BCUT2D eigenvalue weighted by Crippen LogP contribution is -2.41. The van der Waals surface area contributed by atoms with Gasteiger partial charge in [0.05, 0.1) is 13.2 Å². The summed E-state index contributed by atoms with van der Waals surface area (Å²) in [6.45, 7) is 8.54. The van der Waals surface area contributed by atoms with Crippen LogP contribution in [0.2, 0.25) is 0 Å². The number of hydrogen-bond donors (Lipinski definition) is 1. The molecule has 1 saturated heterocycles. The Hall–Kier alpha value is -2.47. The van der Waals surface area contributed by atoms with E-state index in [2.05, 4.69) is 48.2 Å². The Morgan fingerprint density at radius 2 is 1.75 bits per heavy atom. The van der Waals surface area contributed by atoms with Crippen LogP contribution in [0.15, 0.2) is 24.5 Å². The SMILES string of the molecule is Cc1cc(C)c(Nc2cc(C(=O)N3CCOCC3)ncn2)c(C)c1. The lowest BCUT2D eigenvalue weighted by Gasteiger charge is -2.26. The highest BCUT2D eigenvalue weighted by Crippen LogP contribution is 2.25. The van der Waals surface area contributed by atoms with Crippen LogP contribution in [-0.4, -0.2) is 47.1 Å². The molecule has 0 unspecified atom stereocenters. The monoisotopic (exact) mass is 326 g/mol. The molecule has 0 radical (unpaired) electrons. The summed E-state index contributed by atoms with van der Waals surface area (Å²) in [5.41, 5.74) is 4.93. The molecule has 0 spiro atoms. The summed E-state index contributed by atoms with van der Waals surface area (Å²) >= 11 is 0. The van der Waals surface area contributed by atoms with Crippen molar-refractivity contribution in [3.63, 3.8) is 0 Å². The highest BCUT2D eigenvalue weighted by molar-refractivity contribution is 5.93. The zero-order valence-electron chi connectivity index (χ0n) is 14.3. The fourth-order valence-electron chi connectivity index (χ4n) is 2.98. The van der Waals surface area contributed by atoms with E-state index < -0.39 is 0 Å². The number of nitrogens with zero attached hydrogens (tertiary/aromatic N) is 3. The summed E-state index contributed by atoms with van der Waals surface area (Å²) in [6, 6.07) is 5.95. The van der Waals surface area contributed by atoms with E-state index in [1.807, 2.05) is 0 Å². The molecule has 0 atom stereocenters. The van der Waals surface area contributed by atoms with Crippen molar-refractivity contribution in [1.29, 1.82) is 0 Å². The molecule has 2 heterocycles. The maximum absolute atomic E-state index is 12.5. The third kappa shape index (κ3) is 3.54. The van der Waals surface area contributed by atoms with Gasteiger partial charge >= 0.3 is 0 Å². The van der Waals surface area contributed by atoms with Gasteiger partial charge in [0.25, 0.3) is 5.91 Å². The first-order chi connectivity index (χ1) is 11.5. The number of nitrogens with one attached hydrogen (secondary N) is 1. The van der Waals surface area contributed by atoms with Crippen molar-refractivity contribution in [2.45, 2.75) is 20.8 Å². The van der Waals surface area contributed by atoms with Crippen LogP contribution < -0.4 is 5.32 Å². The average molecular weight is 326 g/mol. The van der Waals surface area contributed by atoms with Crippen molar-refractivity contribution in [3.8, 4) is 0 Å². The molecule has 6 nitrogen and oxygen atoms in total. The van der Waals surface area contributed by atoms with Crippen LogP contribution in [0.5, 0.6) is 0 Å². The number of carbonyl (C=O) groups is 1. The van der Waals surface area contributed by atoms with Crippen molar-refractivity contribution in [3.05, 3.63) is 46.9 Å². The molecular weight excluding hydrogens is 304 g/mol. The van der Waals surface area contributed by atoms with Gasteiger partial charge in [0.1, 0.15) is 17.8 Å². The molecule has 0 bridgehead atoms. The minimum Gasteiger partial charge on any atom is -0.378 e. The number of carbonyl (C=O) groups excluding carboxylic acids is 1. The number of aryl methyl sites for hydroxylation is 3. The fraction of sp³-hybridized carbons (Fsp3) is 0.389. The Morgan fingerprint density at radius 1 is 1.08 bits per heavy atom. The minimum absolute atomic E-state index is 0.0823. The van der Waals surface area contributed by atoms with Crippen LogP contribution in [0, 0.1) is 20.8 Å². The molecule has 1 aromatic heterocycles. The topological polar surface area (TPSA) is 67.4 Å². The first kappa shape index (κ1) is 16.4. The zero-order valence-corrected chi connectivity index (χ0v) is 14.3. The maximum atomic E-state index is 12.5. The number of aromatic nitrogens is 2. The summed E-state index contributed by atoms with van der Waals surface area (Å²) in [6.07, 6.45) is 1.43. The number of benzene rings is 1. The maximum Gasteiger partial charge on any atom is 0.272 e. The second kappa shape index (κ2) is 6.97. The van der Waals surface area contributed by atoms with Gasteiger partial charge in [-0.05, 0) is 31.9 Å². The Bertz CT molecular complexity index is 731. The van der Waals surface area contributed by atoms with E-state index in [1.54, 1.807) is 11.0 Å². The number of rotatable bonds is 3. The fourth-order valence-corrected chi connectivity index (χ4v) is 2.98. The predicted octanol–water partition coefficient (Wildman–Crippen LogP) is 2.62. The smallest absolute Gasteiger partial charge is 0.272 e. The van der Waals surface area contributed by atoms with Crippen molar-refractivity contribution in [1.82, 2.24) is 14.9 Å². The van der Waals surface area contributed by atoms with Gasteiger partial charge in [-0.1, -0.05) is 17.7 Å². The predicted molar refractivity (Wildman–Crippen MR) is 92.7 cm³/mol. The van der Waals surface area contributed by atoms with Crippen LogP contribution in [0.25, 0.3) is 0 Å². The van der Waals surface area contributed by atoms with Gasteiger partial charge in [-0.2, -0.15) is 0 Å². The van der Waals surface area contributed by atoms with Crippen molar-refractivity contribution >= 4 is 17.4 Å². The molecule has 126 valence electrons. The summed E-state index contributed by atoms with van der Waals surface area (Å²) in [5, 5.41) is 3.32. The second-order valence-corrected chi connectivity index (χ2v) is 6.09. The molecule has 1 amide bonds. The second-order valence-electron chi connectivity index (χ2n) is 6.09. The average Bonchev–Trinajstić information content (AvgIpc) is 2.58. The first-order valence-corrected chi connectivity index (χ1v) is 8.08. The van der Waals surface area contributed by atoms with E-state index >= 15 is 0 Å². The summed E-state index contributed by atoms with van der Waals surface area (Å²) in [4.78, 5) is 22.7. The largest absolute Gasteiger partial charge is 0.378 e. The van der Waals surface area contributed by atoms with Gasteiger partial charge in [0.2, 0.25) is 0 Å². The summed E-state index contributed by atoms with van der Waals surface area (Å²) < 4.78 is 5.29. The Labute approximate surface area is 141 Å². The quantitative estimate of drug-likeness (QED) is 0.939. The van der Waals surface area contributed by atoms with Crippen LogP contribution in [-0.2, 0) is 4.74 Å². The van der Waals surface area contributed by atoms with Crippen LogP contribution in [0.3, 0.4) is 0 Å². The van der Waals surface area contributed by atoms with E-state index in [4.69, 9.17) is 4.74 Å². The number of ether oxygens (including phenoxy) is 1. The van der Waals surface area contributed by atoms with Gasteiger partial charge in [-0.25, -0.2) is 9.97 Å². The van der Waals surface area contributed by atoms with Crippen molar-refractivity contribution < 1.29 is 9.53 Å². The molecule has 1 aliphatic rings. The molecule has 0 saturated carbocycles. The molecule has 1 N–H and O–H groups in total. The molecule has 24 heavy (non-hydrogen) atoms. The Morgan fingerprint density at radius 3 is 2.42 bits per heavy atom. The highest BCUT2D eigenvalue weighted by Gasteiger charge is 2.20. The summed E-state index contributed by atoms with van der Waals surface area (Å²) in [5.74, 6) is 0.540. The van der Waals surface area contributed by atoms with Crippen LogP contribution >= 0.6 is 0 Å². The molecule has 0 aliphatic carbocycles. The third-order valence-corrected chi connectivity index (χ3v) is 4.11. The van der Waals surface area contributed by atoms with Crippen LogP contribution in [0.4, 0.5) is 11.5 Å². The van der Waals surface area contributed by atoms with Gasteiger partial charge in [-0.15, -0.1) is 0 Å². The lowest BCUT2D eigenvalue weighted by atomic mass is 10.1.